The molecule has 1 amide bonds. The summed E-state index contributed by atoms with van der Waals surface area (Å²) in [6.45, 7) is 2.98. The SMILES string of the molecule is Cc1cc(OC2CCN(C(=O)c3cn(C)c(=O)cc3-c3cccs3)CC2)cc(=O)n1C. The van der Waals surface area contributed by atoms with Crippen LogP contribution in [0.5, 0.6) is 5.75 Å². The second-order valence-corrected chi connectivity index (χ2v) is 8.81. The number of pyridine rings is 2. The zero-order chi connectivity index (χ0) is 22.1. The summed E-state index contributed by atoms with van der Waals surface area (Å²) >= 11 is 1.51. The van der Waals surface area contributed by atoms with Gasteiger partial charge in [-0.2, -0.15) is 0 Å². The molecule has 162 valence electrons. The standard InChI is InChI=1S/C23H25N3O4S/c1-15-11-17(12-22(28)25(15)3)30-16-6-8-26(9-7-16)23(29)19-14-24(2)21(27)13-18(19)20-5-4-10-31-20/h4-5,10-14,16H,6-9H2,1-3H3. The number of amides is 1. The summed E-state index contributed by atoms with van der Waals surface area (Å²) in [6, 6.07) is 8.72. The number of piperidine rings is 1. The minimum atomic E-state index is -0.142. The lowest BCUT2D eigenvalue weighted by atomic mass is 10.0. The number of carbonyl (C=O) groups excluding carboxylic acids is 1. The van der Waals surface area contributed by atoms with Gasteiger partial charge in [-0.3, -0.25) is 14.4 Å². The van der Waals surface area contributed by atoms with Gasteiger partial charge in [-0.1, -0.05) is 6.07 Å². The molecule has 0 N–H and O–H groups in total. The fourth-order valence-corrected chi connectivity index (χ4v) is 4.54. The van der Waals surface area contributed by atoms with Crippen LogP contribution in [0, 0.1) is 6.92 Å². The Morgan fingerprint density at radius 3 is 2.48 bits per heavy atom. The number of carbonyl (C=O) groups is 1. The smallest absolute Gasteiger partial charge is 0.256 e. The van der Waals surface area contributed by atoms with Crippen molar-refractivity contribution in [3.05, 3.63) is 73.9 Å². The van der Waals surface area contributed by atoms with E-state index in [1.807, 2.05) is 35.4 Å². The van der Waals surface area contributed by atoms with Gasteiger partial charge >= 0.3 is 0 Å². The summed E-state index contributed by atoms with van der Waals surface area (Å²) in [5.74, 6) is 0.491. The molecule has 0 aliphatic carbocycles. The van der Waals surface area contributed by atoms with E-state index in [0.29, 0.717) is 42.8 Å². The Bertz CT molecular complexity index is 1220. The van der Waals surface area contributed by atoms with Crippen molar-refractivity contribution < 1.29 is 9.53 Å². The number of ether oxygens (including phenoxy) is 1. The highest BCUT2D eigenvalue weighted by atomic mass is 32.1. The molecule has 0 spiro atoms. The third-order valence-corrected chi connectivity index (χ3v) is 6.66. The Morgan fingerprint density at radius 1 is 1.10 bits per heavy atom. The average Bonchev–Trinajstić information content (AvgIpc) is 3.28. The first kappa shape index (κ1) is 21.1. The minimum absolute atomic E-state index is 0.0487. The van der Waals surface area contributed by atoms with E-state index in [1.54, 1.807) is 24.9 Å². The zero-order valence-electron chi connectivity index (χ0n) is 17.8. The van der Waals surface area contributed by atoms with Gasteiger partial charge in [-0.15, -0.1) is 11.3 Å². The number of likely N-dealkylation sites (tertiary alicyclic amines) is 1. The molecule has 0 unspecified atom stereocenters. The Hall–Kier alpha value is -3.13. The number of hydrogen-bond acceptors (Lipinski definition) is 5. The lowest BCUT2D eigenvalue weighted by Crippen LogP contribution is -2.42. The van der Waals surface area contributed by atoms with Crippen molar-refractivity contribution in [1.82, 2.24) is 14.0 Å². The molecule has 0 radical (unpaired) electrons. The molecule has 0 saturated carbocycles. The molecule has 1 saturated heterocycles. The zero-order valence-corrected chi connectivity index (χ0v) is 18.6. The summed E-state index contributed by atoms with van der Waals surface area (Å²) in [5.41, 5.74) is 1.81. The number of thiophene rings is 1. The van der Waals surface area contributed by atoms with Gasteiger partial charge in [0.2, 0.25) is 0 Å². The number of aryl methyl sites for hydroxylation is 2. The van der Waals surface area contributed by atoms with E-state index in [9.17, 15) is 14.4 Å². The first-order valence-electron chi connectivity index (χ1n) is 10.2. The summed E-state index contributed by atoms with van der Waals surface area (Å²) in [4.78, 5) is 40.2. The molecule has 1 fully saturated rings. The Labute approximate surface area is 184 Å². The highest BCUT2D eigenvalue weighted by Crippen LogP contribution is 2.28. The number of nitrogens with zero attached hydrogens (tertiary/aromatic N) is 3. The van der Waals surface area contributed by atoms with Crippen LogP contribution in [0.25, 0.3) is 10.4 Å². The van der Waals surface area contributed by atoms with Crippen molar-refractivity contribution >= 4 is 17.2 Å². The van der Waals surface area contributed by atoms with Crippen molar-refractivity contribution in [2.75, 3.05) is 13.1 Å². The van der Waals surface area contributed by atoms with Gasteiger partial charge < -0.3 is 18.8 Å². The van der Waals surface area contributed by atoms with Crippen LogP contribution < -0.4 is 15.9 Å². The fourth-order valence-electron chi connectivity index (χ4n) is 3.78. The Balaban J connectivity index is 1.48. The lowest BCUT2D eigenvalue weighted by molar-refractivity contribution is 0.0595. The highest BCUT2D eigenvalue weighted by molar-refractivity contribution is 7.13. The van der Waals surface area contributed by atoms with Gasteiger partial charge in [0.25, 0.3) is 17.0 Å². The van der Waals surface area contributed by atoms with Gasteiger partial charge in [0, 0.05) is 74.5 Å². The monoisotopic (exact) mass is 439 g/mol. The maximum Gasteiger partial charge on any atom is 0.256 e. The first-order chi connectivity index (χ1) is 14.8. The van der Waals surface area contributed by atoms with Gasteiger partial charge in [-0.25, -0.2) is 0 Å². The van der Waals surface area contributed by atoms with Crippen LogP contribution in [0.15, 0.2) is 51.5 Å². The van der Waals surface area contributed by atoms with Crippen LogP contribution in [0.1, 0.15) is 28.9 Å². The van der Waals surface area contributed by atoms with Crippen molar-refractivity contribution in [1.29, 1.82) is 0 Å². The van der Waals surface area contributed by atoms with Crippen molar-refractivity contribution in [3.8, 4) is 16.2 Å². The summed E-state index contributed by atoms with van der Waals surface area (Å²) in [6.07, 6.45) is 2.94. The second kappa shape index (κ2) is 8.55. The summed E-state index contributed by atoms with van der Waals surface area (Å²) in [7, 11) is 3.39. The quantitative estimate of drug-likeness (QED) is 0.627. The van der Waals surface area contributed by atoms with Crippen LogP contribution in [0.3, 0.4) is 0 Å². The number of aromatic nitrogens is 2. The molecule has 0 bridgehead atoms. The summed E-state index contributed by atoms with van der Waals surface area (Å²) in [5, 5.41) is 1.93. The van der Waals surface area contributed by atoms with Crippen molar-refractivity contribution in [2.45, 2.75) is 25.9 Å². The van der Waals surface area contributed by atoms with Gasteiger partial charge in [-0.05, 0) is 24.4 Å². The van der Waals surface area contributed by atoms with E-state index in [-0.39, 0.29) is 23.1 Å². The molecule has 1 aliphatic rings. The van der Waals surface area contributed by atoms with Crippen molar-refractivity contribution in [2.24, 2.45) is 14.1 Å². The molecule has 1 aliphatic heterocycles. The van der Waals surface area contributed by atoms with Crippen LogP contribution >= 0.6 is 11.3 Å². The number of rotatable bonds is 4. The van der Waals surface area contributed by atoms with E-state index in [0.717, 1.165) is 10.6 Å². The number of hydrogen-bond donors (Lipinski definition) is 0. The molecule has 4 heterocycles. The van der Waals surface area contributed by atoms with Crippen LogP contribution in [-0.4, -0.2) is 39.1 Å². The normalized spacial score (nSPS) is 14.6. The highest BCUT2D eigenvalue weighted by Gasteiger charge is 2.27. The topological polar surface area (TPSA) is 73.5 Å². The molecule has 0 aromatic carbocycles. The van der Waals surface area contributed by atoms with E-state index in [2.05, 4.69) is 0 Å². The minimum Gasteiger partial charge on any atom is -0.490 e. The Kier molecular flexibility index (Phi) is 5.82. The van der Waals surface area contributed by atoms with E-state index >= 15 is 0 Å². The van der Waals surface area contributed by atoms with Gasteiger partial charge in [0.05, 0.1) is 5.56 Å². The molecule has 7 nitrogen and oxygen atoms in total. The molecule has 31 heavy (non-hydrogen) atoms. The Morgan fingerprint density at radius 2 is 1.84 bits per heavy atom. The van der Waals surface area contributed by atoms with Gasteiger partial charge in [0.15, 0.2) is 0 Å². The lowest BCUT2D eigenvalue weighted by Gasteiger charge is -2.32. The third kappa shape index (κ3) is 4.34. The van der Waals surface area contributed by atoms with E-state index in [4.69, 9.17) is 4.74 Å². The van der Waals surface area contributed by atoms with Crippen molar-refractivity contribution in [3.63, 3.8) is 0 Å². The van der Waals surface area contributed by atoms with E-state index < -0.39 is 0 Å². The molecule has 3 aromatic heterocycles. The predicted octanol–water partition coefficient (Wildman–Crippen LogP) is 2.80. The van der Waals surface area contributed by atoms with Crippen LogP contribution in [0.2, 0.25) is 0 Å². The summed E-state index contributed by atoms with van der Waals surface area (Å²) < 4.78 is 9.05. The third-order valence-electron chi connectivity index (χ3n) is 5.75. The maximum atomic E-state index is 13.3. The van der Waals surface area contributed by atoms with Crippen LogP contribution in [0.4, 0.5) is 0 Å². The average molecular weight is 440 g/mol. The molecule has 3 aromatic rings. The largest absolute Gasteiger partial charge is 0.490 e. The van der Waals surface area contributed by atoms with Crippen LogP contribution in [-0.2, 0) is 14.1 Å². The molecule has 4 rings (SSSR count). The van der Waals surface area contributed by atoms with Gasteiger partial charge in [0.1, 0.15) is 11.9 Å². The maximum absolute atomic E-state index is 13.3. The molecular weight excluding hydrogens is 414 g/mol. The van der Waals surface area contributed by atoms with E-state index in [1.165, 1.54) is 28.0 Å². The second-order valence-electron chi connectivity index (χ2n) is 7.87. The molecule has 8 heteroatoms. The predicted molar refractivity (Wildman–Crippen MR) is 121 cm³/mol. The first-order valence-corrected chi connectivity index (χ1v) is 11.1. The molecule has 0 atom stereocenters. The molecular formula is C23H25N3O4S. The fraction of sp³-hybridized carbons (Fsp3) is 0.348.